The number of nitrogens with zero attached hydrogens (tertiary/aromatic N) is 3. The fourth-order valence-electron chi connectivity index (χ4n) is 1.46. The van der Waals surface area contributed by atoms with Crippen LogP contribution in [0, 0.1) is 0 Å². The quantitative estimate of drug-likeness (QED) is 0.879. The Morgan fingerprint density at radius 3 is 2.55 bits per heavy atom. The molecule has 0 saturated carbocycles. The van der Waals surface area contributed by atoms with E-state index < -0.39 is 24.6 Å². The molecule has 10 heteroatoms. The zero-order valence-corrected chi connectivity index (χ0v) is 10.8. The molecule has 0 radical (unpaired) electrons. The van der Waals surface area contributed by atoms with Gasteiger partial charge < -0.3 is 5.32 Å². The van der Waals surface area contributed by atoms with Crippen molar-refractivity contribution in [2.75, 3.05) is 6.54 Å². The first-order valence-electron chi connectivity index (χ1n) is 5.88. The molecule has 1 amide bonds. The summed E-state index contributed by atoms with van der Waals surface area (Å²) in [6.07, 6.45) is -0.529. The number of hydrogen-bond donors (Lipinski definition) is 1. The lowest BCUT2D eigenvalue weighted by Gasteiger charge is -2.19. The highest BCUT2D eigenvalue weighted by Crippen LogP contribution is 2.34. The van der Waals surface area contributed by atoms with Gasteiger partial charge in [-0.3, -0.25) is 9.78 Å². The molecule has 0 aliphatic carbocycles. The molecular weight excluding hydrogens is 311 g/mol. The van der Waals surface area contributed by atoms with Gasteiger partial charge >= 0.3 is 12.1 Å². The van der Waals surface area contributed by atoms with Crippen molar-refractivity contribution in [3.63, 3.8) is 0 Å². The van der Waals surface area contributed by atoms with Crippen LogP contribution in [0.25, 0.3) is 5.69 Å². The zero-order chi connectivity index (χ0) is 16.4. The van der Waals surface area contributed by atoms with Gasteiger partial charge in [0, 0.05) is 12.4 Å². The van der Waals surface area contributed by atoms with Crippen molar-refractivity contribution in [1.29, 1.82) is 0 Å². The molecule has 0 aliphatic rings. The summed E-state index contributed by atoms with van der Waals surface area (Å²) in [5.74, 6) is -6.08. The van der Waals surface area contributed by atoms with Crippen molar-refractivity contribution in [3.8, 4) is 5.69 Å². The topological polar surface area (TPSA) is 59.8 Å². The minimum absolute atomic E-state index is 0.151. The van der Waals surface area contributed by atoms with Gasteiger partial charge in [-0.15, -0.1) is 0 Å². The van der Waals surface area contributed by atoms with E-state index in [-0.39, 0.29) is 5.56 Å². The summed E-state index contributed by atoms with van der Waals surface area (Å²) >= 11 is 0. The average molecular weight is 320 g/mol. The Balaban J connectivity index is 2.04. The molecule has 22 heavy (non-hydrogen) atoms. The SMILES string of the molecule is O=C(NCC(F)(F)C(F)(F)F)c1cnn(-c2cccnc2)c1. The normalized spacial score (nSPS) is 12.2. The number of halogens is 5. The number of pyridine rings is 1. The Kier molecular flexibility index (Phi) is 4.11. The second kappa shape index (κ2) is 5.70. The van der Waals surface area contributed by atoms with E-state index in [0.717, 1.165) is 6.20 Å². The van der Waals surface area contributed by atoms with Crippen LogP contribution in [0.2, 0.25) is 0 Å². The molecule has 1 N–H and O–H groups in total. The van der Waals surface area contributed by atoms with E-state index in [1.165, 1.54) is 28.6 Å². The highest BCUT2D eigenvalue weighted by molar-refractivity contribution is 5.93. The van der Waals surface area contributed by atoms with Crippen molar-refractivity contribution in [3.05, 3.63) is 42.5 Å². The number of amides is 1. The Bertz CT molecular complexity index is 653. The Morgan fingerprint density at radius 1 is 1.23 bits per heavy atom. The minimum Gasteiger partial charge on any atom is -0.346 e. The van der Waals surface area contributed by atoms with Crippen LogP contribution in [0.5, 0.6) is 0 Å². The van der Waals surface area contributed by atoms with Crippen LogP contribution in [-0.4, -0.2) is 39.3 Å². The summed E-state index contributed by atoms with van der Waals surface area (Å²) < 4.78 is 62.6. The first kappa shape index (κ1) is 15.9. The van der Waals surface area contributed by atoms with Gasteiger partial charge in [-0.05, 0) is 12.1 Å². The maximum absolute atomic E-state index is 12.7. The number of rotatable bonds is 4. The molecule has 118 valence electrons. The number of aromatic nitrogens is 3. The van der Waals surface area contributed by atoms with Crippen LogP contribution in [-0.2, 0) is 0 Å². The third-order valence-corrected chi connectivity index (χ3v) is 2.64. The van der Waals surface area contributed by atoms with Gasteiger partial charge in [0.1, 0.15) is 0 Å². The van der Waals surface area contributed by atoms with Crippen LogP contribution in [0.1, 0.15) is 10.4 Å². The average Bonchev–Trinajstić information content (AvgIpc) is 2.94. The van der Waals surface area contributed by atoms with Crippen molar-refractivity contribution < 1.29 is 26.7 Å². The van der Waals surface area contributed by atoms with Gasteiger partial charge in [0.25, 0.3) is 5.91 Å². The lowest BCUT2D eigenvalue weighted by atomic mass is 10.3. The fourth-order valence-corrected chi connectivity index (χ4v) is 1.46. The highest BCUT2D eigenvalue weighted by Gasteiger charge is 2.57. The van der Waals surface area contributed by atoms with Gasteiger partial charge in [0.15, 0.2) is 0 Å². The van der Waals surface area contributed by atoms with Crippen LogP contribution in [0.15, 0.2) is 36.9 Å². The molecule has 2 aromatic heterocycles. The van der Waals surface area contributed by atoms with Crippen molar-refractivity contribution >= 4 is 5.91 Å². The standard InChI is InChI=1S/C12H9F5N4O/c13-11(14,12(15,16)17)7-19-10(22)8-4-20-21(6-8)9-2-1-3-18-5-9/h1-6H,7H2,(H,19,22). The van der Waals surface area contributed by atoms with E-state index in [0.29, 0.717) is 5.69 Å². The van der Waals surface area contributed by atoms with E-state index in [2.05, 4.69) is 10.1 Å². The van der Waals surface area contributed by atoms with Gasteiger partial charge in [-0.1, -0.05) is 0 Å². The second-order valence-corrected chi connectivity index (χ2v) is 4.27. The molecule has 0 bridgehead atoms. The molecule has 0 aromatic carbocycles. The zero-order valence-electron chi connectivity index (χ0n) is 10.8. The highest BCUT2D eigenvalue weighted by atomic mass is 19.4. The van der Waals surface area contributed by atoms with Crippen LogP contribution < -0.4 is 5.32 Å². The molecule has 0 aliphatic heterocycles. The fraction of sp³-hybridized carbons (Fsp3) is 0.250. The Morgan fingerprint density at radius 2 is 1.95 bits per heavy atom. The van der Waals surface area contributed by atoms with Gasteiger partial charge in [0.05, 0.1) is 30.2 Å². The van der Waals surface area contributed by atoms with E-state index in [4.69, 9.17) is 0 Å². The summed E-state index contributed by atoms with van der Waals surface area (Å²) in [6, 6.07) is 3.24. The molecule has 0 fully saturated rings. The molecule has 2 aromatic rings. The molecule has 2 rings (SSSR count). The Labute approximate surface area is 120 Å². The number of hydrogen-bond acceptors (Lipinski definition) is 3. The van der Waals surface area contributed by atoms with E-state index in [9.17, 15) is 26.7 Å². The summed E-state index contributed by atoms with van der Waals surface area (Å²) in [7, 11) is 0. The molecule has 0 spiro atoms. The first-order chi connectivity index (χ1) is 10.2. The largest absolute Gasteiger partial charge is 0.455 e. The summed E-state index contributed by atoms with van der Waals surface area (Å²) in [5, 5.41) is 5.34. The summed E-state index contributed by atoms with van der Waals surface area (Å²) in [5.41, 5.74) is 0.351. The maximum Gasteiger partial charge on any atom is 0.455 e. The number of carbonyl (C=O) groups excluding carboxylic acids is 1. The van der Waals surface area contributed by atoms with E-state index >= 15 is 0 Å². The molecule has 0 unspecified atom stereocenters. The molecular formula is C12H9F5N4O. The lowest BCUT2D eigenvalue weighted by Crippen LogP contribution is -2.46. The maximum atomic E-state index is 12.7. The third kappa shape index (κ3) is 3.38. The lowest BCUT2D eigenvalue weighted by molar-refractivity contribution is -0.278. The minimum atomic E-state index is -5.72. The van der Waals surface area contributed by atoms with Gasteiger partial charge in [-0.25, -0.2) is 4.68 Å². The number of carbonyl (C=O) groups is 1. The van der Waals surface area contributed by atoms with Crippen LogP contribution in [0.4, 0.5) is 22.0 Å². The summed E-state index contributed by atoms with van der Waals surface area (Å²) in [4.78, 5) is 15.4. The molecule has 0 saturated heterocycles. The van der Waals surface area contributed by atoms with Gasteiger partial charge in [-0.2, -0.15) is 27.1 Å². The van der Waals surface area contributed by atoms with Gasteiger partial charge in [0.2, 0.25) is 0 Å². The second-order valence-electron chi connectivity index (χ2n) is 4.27. The first-order valence-corrected chi connectivity index (χ1v) is 5.88. The Hall–Kier alpha value is -2.52. The smallest absolute Gasteiger partial charge is 0.346 e. The predicted octanol–water partition coefficient (Wildman–Crippen LogP) is 2.19. The molecule has 5 nitrogen and oxygen atoms in total. The van der Waals surface area contributed by atoms with E-state index in [1.54, 1.807) is 12.1 Å². The third-order valence-electron chi connectivity index (χ3n) is 2.64. The summed E-state index contributed by atoms with van der Waals surface area (Å²) in [6.45, 7) is -1.84. The van der Waals surface area contributed by atoms with Crippen LogP contribution in [0.3, 0.4) is 0 Å². The molecule has 2 heterocycles. The number of nitrogens with one attached hydrogen (secondary N) is 1. The predicted molar refractivity (Wildman–Crippen MR) is 64.7 cm³/mol. The van der Waals surface area contributed by atoms with E-state index in [1.807, 2.05) is 0 Å². The van der Waals surface area contributed by atoms with Crippen molar-refractivity contribution in [2.24, 2.45) is 0 Å². The number of alkyl halides is 5. The monoisotopic (exact) mass is 320 g/mol. The van der Waals surface area contributed by atoms with Crippen molar-refractivity contribution in [1.82, 2.24) is 20.1 Å². The molecule has 0 atom stereocenters. The van der Waals surface area contributed by atoms with Crippen molar-refractivity contribution in [2.45, 2.75) is 12.1 Å². The van der Waals surface area contributed by atoms with Crippen LogP contribution >= 0.6 is 0 Å².